The molecule has 0 aliphatic carbocycles. The van der Waals surface area contributed by atoms with Crippen molar-refractivity contribution in [3.63, 3.8) is 0 Å². The number of anilines is 2. The van der Waals surface area contributed by atoms with Gasteiger partial charge < -0.3 is 16.0 Å². The topological polar surface area (TPSA) is 83.3 Å². The van der Waals surface area contributed by atoms with Crippen molar-refractivity contribution in [3.05, 3.63) is 77.2 Å². The number of carbonyl (C=O) groups excluding carboxylic acids is 1. The first-order chi connectivity index (χ1) is 16.4. The van der Waals surface area contributed by atoms with Gasteiger partial charge in [0.15, 0.2) is 0 Å². The van der Waals surface area contributed by atoms with E-state index in [9.17, 15) is 4.79 Å². The Morgan fingerprint density at radius 1 is 1.03 bits per heavy atom. The summed E-state index contributed by atoms with van der Waals surface area (Å²) in [6.07, 6.45) is 1.98. The van der Waals surface area contributed by atoms with Gasteiger partial charge in [-0.05, 0) is 81.8 Å². The molecule has 34 heavy (non-hydrogen) atoms. The Hall–Kier alpha value is -4.15. The minimum Gasteiger partial charge on any atom is -0.388 e. The van der Waals surface area contributed by atoms with Crippen molar-refractivity contribution < 1.29 is 4.79 Å². The lowest BCUT2D eigenvalue weighted by atomic mass is 10.1. The van der Waals surface area contributed by atoms with Gasteiger partial charge in [0, 0.05) is 30.1 Å². The number of likely N-dealkylation sites (N-methyl/N-ethyl adjacent to an activating group) is 1. The van der Waals surface area contributed by atoms with Gasteiger partial charge in [0.05, 0.1) is 17.4 Å². The molecule has 1 atom stereocenters. The number of nitrogens with one attached hydrogen (secondary N) is 3. The number of fused-ring (bicyclic) bond motifs is 1. The highest BCUT2D eigenvalue weighted by molar-refractivity contribution is 5.94. The number of imidazole rings is 1. The maximum Gasteiger partial charge on any atom is 0.242 e. The molecular weight excluding hydrogens is 424 g/mol. The van der Waals surface area contributed by atoms with Crippen molar-refractivity contribution in [1.29, 1.82) is 0 Å². The van der Waals surface area contributed by atoms with E-state index in [1.807, 2.05) is 74.0 Å². The van der Waals surface area contributed by atoms with Crippen LogP contribution >= 0.6 is 0 Å². The molecule has 0 fully saturated rings. The van der Waals surface area contributed by atoms with Gasteiger partial charge in [0.25, 0.3) is 0 Å². The zero-order valence-electron chi connectivity index (χ0n) is 20.0. The summed E-state index contributed by atoms with van der Waals surface area (Å²) in [7, 11) is 3.64. The number of carbonyl (C=O) groups is 1. The minimum absolute atomic E-state index is 0.161. The van der Waals surface area contributed by atoms with Crippen LogP contribution in [0.5, 0.6) is 0 Å². The third kappa shape index (κ3) is 4.63. The number of hydrogen-bond acceptors (Lipinski definition) is 5. The number of rotatable bonds is 5. The van der Waals surface area contributed by atoms with Crippen molar-refractivity contribution in [1.82, 2.24) is 19.7 Å². The lowest BCUT2D eigenvalue weighted by Crippen LogP contribution is -2.35. The maximum atomic E-state index is 12.4. The summed E-state index contributed by atoms with van der Waals surface area (Å²) in [6, 6.07) is 15.3. The number of amides is 1. The zero-order valence-corrected chi connectivity index (χ0v) is 20.0. The Bertz CT molecular complexity index is 1430. The molecule has 0 saturated carbocycles. The lowest BCUT2D eigenvalue weighted by Gasteiger charge is -2.12. The largest absolute Gasteiger partial charge is 0.388 e. The molecule has 0 saturated heterocycles. The molecule has 0 spiro atoms. The van der Waals surface area contributed by atoms with E-state index in [1.165, 1.54) is 0 Å². The maximum absolute atomic E-state index is 12.4. The Morgan fingerprint density at radius 3 is 2.59 bits per heavy atom. The second kappa shape index (κ2) is 9.77. The number of benzene rings is 1. The average molecular weight is 453 g/mol. The highest BCUT2D eigenvalue weighted by Crippen LogP contribution is 2.28. The third-order valence-corrected chi connectivity index (χ3v) is 5.75. The Kier molecular flexibility index (Phi) is 6.62. The predicted octanol–water partition coefficient (Wildman–Crippen LogP) is 4.00. The fraction of sp³-hybridized carbons (Fsp3) is 0.222. The normalized spacial score (nSPS) is 11.6. The van der Waals surface area contributed by atoms with Crippen LogP contribution < -0.4 is 16.0 Å². The van der Waals surface area contributed by atoms with Gasteiger partial charge in [-0.25, -0.2) is 9.97 Å². The summed E-state index contributed by atoms with van der Waals surface area (Å²) in [5.74, 6) is 6.78. The molecule has 0 radical (unpaired) electrons. The molecule has 7 nitrogen and oxygen atoms in total. The monoisotopic (exact) mass is 452 g/mol. The molecule has 0 aliphatic heterocycles. The molecule has 0 aliphatic rings. The highest BCUT2D eigenvalue weighted by Gasteiger charge is 2.17. The standard InChI is InChI=1S/C27H28N6O/c1-17-16-20(9-12-22(17)29-5)10-13-23-21(11-14-24(31-23)32-27(34)19(3)28-4)26-18(2)30-25-8-6-7-15-33(25)26/h6-9,11-12,14-16,19,28-29H,1-5H3,(H,31,32,34). The molecule has 4 rings (SSSR count). The molecular formula is C27H28N6O. The van der Waals surface area contributed by atoms with Gasteiger partial charge in [-0.15, -0.1) is 0 Å². The summed E-state index contributed by atoms with van der Waals surface area (Å²) in [5.41, 5.74) is 7.15. The summed E-state index contributed by atoms with van der Waals surface area (Å²) in [4.78, 5) is 21.8. The van der Waals surface area contributed by atoms with Crippen LogP contribution in [0.25, 0.3) is 16.9 Å². The highest BCUT2D eigenvalue weighted by atomic mass is 16.2. The van der Waals surface area contributed by atoms with Gasteiger partial charge in [0.2, 0.25) is 5.91 Å². The van der Waals surface area contributed by atoms with Crippen LogP contribution in [0.3, 0.4) is 0 Å². The number of aromatic nitrogens is 3. The molecule has 3 N–H and O–H groups in total. The number of pyridine rings is 2. The first-order valence-electron chi connectivity index (χ1n) is 11.1. The molecule has 4 aromatic rings. The lowest BCUT2D eigenvalue weighted by molar-refractivity contribution is -0.117. The average Bonchev–Trinajstić information content (AvgIpc) is 3.17. The van der Waals surface area contributed by atoms with E-state index in [2.05, 4.69) is 32.8 Å². The fourth-order valence-electron chi connectivity index (χ4n) is 3.77. The summed E-state index contributed by atoms with van der Waals surface area (Å²) < 4.78 is 2.03. The molecule has 172 valence electrons. The van der Waals surface area contributed by atoms with Crippen LogP contribution in [-0.4, -0.2) is 40.4 Å². The van der Waals surface area contributed by atoms with E-state index in [-0.39, 0.29) is 11.9 Å². The van der Waals surface area contributed by atoms with E-state index in [4.69, 9.17) is 4.98 Å². The van der Waals surface area contributed by atoms with Gasteiger partial charge in [0.1, 0.15) is 17.2 Å². The van der Waals surface area contributed by atoms with E-state index in [0.717, 1.165) is 39.4 Å². The number of aryl methyl sites for hydroxylation is 2. The Morgan fingerprint density at radius 2 is 1.85 bits per heavy atom. The summed E-state index contributed by atoms with van der Waals surface area (Å²) in [6.45, 7) is 5.81. The Balaban J connectivity index is 1.83. The molecule has 3 aromatic heterocycles. The van der Waals surface area contributed by atoms with Crippen molar-refractivity contribution in [2.24, 2.45) is 0 Å². The second-order valence-corrected chi connectivity index (χ2v) is 8.10. The van der Waals surface area contributed by atoms with Crippen LogP contribution in [0.2, 0.25) is 0 Å². The molecule has 3 heterocycles. The quantitative estimate of drug-likeness (QED) is 0.399. The van der Waals surface area contributed by atoms with Crippen LogP contribution in [0, 0.1) is 25.7 Å². The van der Waals surface area contributed by atoms with E-state index in [0.29, 0.717) is 11.5 Å². The molecule has 1 amide bonds. The second-order valence-electron chi connectivity index (χ2n) is 8.10. The van der Waals surface area contributed by atoms with Gasteiger partial charge in [-0.3, -0.25) is 9.20 Å². The van der Waals surface area contributed by atoms with Gasteiger partial charge in [-0.2, -0.15) is 0 Å². The molecule has 0 bridgehead atoms. The van der Waals surface area contributed by atoms with E-state index >= 15 is 0 Å². The summed E-state index contributed by atoms with van der Waals surface area (Å²) in [5, 5.41) is 8.98. The van der Waals surface area contributed by atoms with E-state index in [1.54, 1.807) is 20.0 Å². The van der Waals surface area contributed by atoms with Crippen LogP contribution in [0.4, 0.5) is 11.5 Å². The zero-order chi connectivity index (χ0) is 24.2. The van der Waals surface area contributed by atoms with Crippen LogP contribution in [0.15, 0.2) is 54.7 Å². The van der Waals surface area contributed by atoms with Crippen molar-refractivity contribution in [2.45, 2.75) is 26.8 Å². The molecule has 1 unspecified atom stereocenters. The van der Waals surface area contributed by atoms with Crippen molar-refractivity contribution in [3.8, 4) is 23.1 Å². The SMILES string of the molecule is CNc1ccc(C#Cc2nc(NC(=O)C(C)NC)ccc2-c2c(C)nc3ccccn23)cc1C. The first-order valence-corrected chi connectivity index (χ1v) is 11.1. The predicted molar refractivity (Wildman–Crippen MR) is 137 cm³/mol. The smallest absolute Gasteiger partial charge is 0.242 e. The fourth-order valence-corrected chi connectivity index (χ4v) is 3.77. The van der Waals surface area contributed by atoms with E-state index < -0.39 is 0 Å². The summed E-state index contributed by atoms with van der Waals surface area (Å²) >= 11 is 0. The molecule has 1 aromatic carbocycles. The third-order valence-electron chi connectivity index (χ3n) is 5.75. The van der Waals surface area contributed by atoms with Crippen LogP contribution in [0.1, 0.15) is 29.4 Å². The van der Waals surface area contributed by atoms with Crippen LogP contribution in [-0.2, 0) is 4.79 Å². The Labute approximate surface area is 199 Å². The van der Waals surface area contributed by atoms with Gasteiger partial charge >= 0.3 is 0 Å². The first kappa shape index (κ1) is 23.0. The molecule has 7 heteroatoms. The van der Waals surface area contributed by atoms with Gasteiger partial charge in [-0.1, -0.05) is 12.0 Å². The van der Waals surface area contributed by atoms with Crippen molar-refractivity contribution in [2.75, 3.05) is 24.7 Å². The van der Waals surface area contributed by atoms with Crippen molar-refractivity contribution >= 4 is 23.1 Å². The number of nitrogens with zero attached hydrogens (tertiary/aromatic N) is 3. The minimum atomic E-state index is -0.342. The number of hydrogen-bond donors (Lipinski definition) is 3.